The Morgan fingerprint density at radius 2 is 1.67 bits per heavy atom. The molecule has 0 saturated carbocycles. The number of aliphatic imine (C=N–C) groups is 1. The first kappa shape index (κ1) is 23.7. The zero-order valence-corrected chi connectivity index (χ0v) is 19.7. The van der Waals surface area contributed by atoms with Crippen LogP contribution in [0.1, 0.15) is 31.8 Å². The highest BCUT2D eigenvalue weighted by Crippen LogP contribution is 2.22. The van der Waals surface area contributed by atoms with Crippen molar-refractivity contribution >= 4 is 41.8 Å². The number of hydrogen-bond acceptors (Lipinski definition) is 4. The van der Waals surface area contributed by atoms with Crippen LogP contribution >= 0.6 is 24.0 Å². The number of carbonyl (C=O) groups is 2. The number of rotatable bonds is 7. The van der Waals surface area contributed by atoms with Crippen molar-refractivity contribution in [1.29, 1.82) is 0 Å². The summed E-state index contributed by atoms with van der Waals surface area (Å²) in [4.78, 5) is 30.2. The highest BCUT2D eigenvalue weighted by molar-refractivity contribution is 14.0. The number of halogens is 1. The fourth-order valence-corrected chi connectivity index (χ4v) is 3.37. The molecule has 1 aliphatic heterocycles. The molecule has 1 heterocycles. The average Bonchev–Trinajstić information content (AvgIpc) is 2.98. The Bertz CT molecular complexity index is 911. The molecule has 0 aromatic heterocycles. The molecule has 1 aliphatic rings. The largest absolute Gasteiger partial charge is 0.496 e. The maximum atomic E-state index is 12.4. The van der Waals surface area contributed by atoms with Gasteiger partial charge >= 0.3 is 0 Å². The number of nitrogens with one attached hydrogen (secondary N) is 2. The molecule has 2 aromatic rings. The molecule has 0 bridgehead atoms. The van der Waals surface area contributed by atoms with E-state index in [9.17, 15) is 9.59 Å². The molecule has 2 amide bonds. The molecule has 0 fully saturated rings. The summed E-state index contributed by atoms with van der Waals surface area (Å²) in [6.07, 6.45) is 0.782. The maximum absolute atomic E-state index is 12.4. The number of guanidine groups is 1. The molecule has 0 atom stereocenters. The van der Waals surface area contributed by atoms with Crippen LogP contribution < -0.4 is 15.4 Å². The molecule has 0 unspecified atom stereocenters. The van der Waals surface area contributed by atoms with Crippen LogP contribution in [0.5, 0.6) is 5.75 Å². The van der Waals surface area contributed by atoms with Crippen molar-refractivity contribution in [2.75, 3.05) is 33.8 Å². The number of methoxy groups -OCH3 is 1. The Morgan fingerprint density at radius 1 is 1.03 bits per heavy atom. The smallest absolute Gasteiger partial charge is 0.261 e. The Labute approximate surface area is 193 Å². The monoisotopic (exact) mass is 522 g/mol. The molecule has 7 nitrogen and oxygen atoms in total. The Hall–Kier alpha value is -2.62. The van der Waals surface area contributed by atoms with E-state index in [1.165, 1.54) is 10.5 Å². The molecule has 0 saturated heterocycles. The predicted molar refractivity (Wildman–Crippen MR) is 128 cm³/mol. The van der Waals surface area contributed by atoms with E-state index in [0.29, 0.717) is 30.2 Å². The van der Waals surface area contributed by atoms with Crippen LogP contribution in [-0.4, -0.2) is 56.5 Å². The molecule has 2 N–H and O–H groups in total. The van der Waals surface area contributed by atoms with E-state index in [1.807, 2.05) is 12.1 Å². The summed E-state index contributed by atoms with van der Waals surface area (Å²) in [7, 11) is 3.35. The van der Waals surface area contributed by atoms with Crippen LogP contribution in [0.4, 0.5) is 0 Å². The number of fused-ring (bicyclic) bond motifs is 1. The minimum absolute atomic E-state index is 0. The van der Waals surface area contributed by atoms with E-state index >= 15 is 0 Å². The van der Waals surface area contributed by atoms with Gasteiger partial charge in [0.2, 0.25) is 0 Å². The minimum Gasteiger partial charge on any atom is -0.496 e. The van der Waals surface area contributed by atoms with Gasteiger partial charge in [-0.05, 0) is 37.1 Å². The summed E-state index contributed by atoms with van der Waals surface area (Å²) < 4.78 is 5.41. The van der Waals surface area contributed by atoms with Gasteiger partial charge in [-0.1, -0.05) is 29.8 Å². The van der Waals surface area contributed by atoms with Gasteiger partial charge in [-0.2, -0.15) is 0 Å². The highest BCUT2D eigenvalue weighted by Gasteiger charge is 2.34. The third-order valence-corrected chi connectivity index (χ3v) is 4.85. The average molecular weight is 522 g/mol. The minimum atomic E-state index is -0.248. The Balaban J connectivity index is 0.00000320. The number of aryl methyl sites for hydroxylation is 1. The van der Waals surface area contributed by atoms with Crippen LogP contribution in [0.25, 0.3) is 0 Å². The number of imide groups is 1. The molecular formula is C22H27IN4O3. The lowest BCUT2D eigenvalue weighted by atomic mass is 10.1. The normalized spacial score (nSPS) is 13.0. The maximum Gasteiger partial charge on any atom is 0.261 e. The Morgan fingerprint density at radius 3 is 2.27 bits per heavy atom. The van der Waals surface area contributed by atoms with Gasteiger partial charge in [0.15, 0.2) is 5.96 Å². The topological polar surface area (TPSA) is 83.0 Å². The molecule has 160 valence electrons. The fourth-order valence-electron chi connectivity index (χ4n) is 3.37. The van der Waals surface area contributed by atoms with E-state index in [-0.39, 0.29) is 42.3 Å². The van der Waals surface area contributed by atoms with Crippen LogP contribution in [0.15, 0.2) is 47.5 Å². The standard InChI is InChI=1S/C22H26N4O3.HI/c1-15-8-9-19(29-3)16(14-15)10-11-24-22(23-2)25-12-13-26-20(27)17-6-4-5-7-18(17)21(26)28;/h4-9,14H,10-13H2,1-3H3,(H2,23,24,25);1H. The lowest BCUT2D eigenvalue weighted by molar-refractivity contribution is 0.0657. The first-order chi connectivity index (χ1) is 14.0. The SMILES string of the molecule is CN=C(NCCc1cc(C)ccc1OC)NCCN1C(=O)c2ccccc2C1=O.I. The van der Waals surface area contributed by atoms with Crippen molar-refractivity contribution in [3.05, 3.63) is 64.7 Å². The van der Waals surface area contributed by atoms with Crippen molar-refractivity contribution in [3.8, 4) is 5.75 Å². The van der Waals surface area contributed by atoms with E-state index in [0.717, 1.165) is 17.7 Å². The molecular weight excluding hydrogens is 495 g/mol. The zero-order chi connectivity index (χ0) is 20.8. The molecule has 0 radical (unpaired) electrons. The van der Waals surface area contributed by atoms with Crippen LogP contribution in [0.2, 0.25) is 0 Å². The van der Waals surface area contributed by atoms with Crippen molar-refractivity contribution in [3.63, 3.8) is 0 Å². The summed E-state index contributed by atoms with van der Waals surface area (Å²) >= 11 is 0. The van der Waals surface area contributed by atoms with Gasteiger partial charge in [-0.25, -0.2) is 0 Å². The summed E-state index contributed by atoms with van der Waals surface area (Å²) in [6.45, 7) is 3.42. The van der Waals surface area contributed by atoms with E-state index in [4.69, 9.17) is 4.74 Å². The summed E-state index contributed by atoms with van der Waals surface area (Å²) in [5.74, 6) is 0.989. The molecule has 0 spiro atoms. The molecule has 3 rings (SSSR count). The second-order valence-electron chi connectivity index (χ2n) is 6.80. The molecule has 30 heavy (non-hydrogen) atoms. The number of benzene rings is 2. The third kappa shape index (κ3) is 5.29. The van der Waals surface area contributed by atoms with Gasteiger partial charge in [-0.3, -0.25) is 19.5 Å². The summed E-state index contributed by atoms with van der Waals surface area (Å²) in [5, 5.41) is 6.40. The van der Waals surface area contributed by atoms with E-state index < -0.39 is 0 Å². The number of carbonyl (C=O) groups excluding carboxylic acids is 2. The number of nitrogens with zero attached hydrogens (tertiary/aromatic N) is 2. The van der Waals surface area contributed by atoms with Gasteiger partial charge in [0.1, 0.15) is 5.75 Å². The van der Waals surface area contributed by atoms with Crippen molar-refractivity contribution < 1.29 is 14.3 Å². The van der Waals surface area contributed by atoms with Crippen LogP contribution in [0.3, 0.4) is 0 Å². The highest BCUT2D eigenvalue weighted by atomic mass is 127. The van der Waals surface area contributed by atoms with Gasteiger partial charge in [0.05, 0.1) is 18.2 Å². The fraction of sp³-hybridized carbons (Fsp3) is 0.318. The van der Waals surface area contributed by atoms with E-state index in [2.05, 4.69) is 28.6 Å². The summed E-state index contributed by atoms with van der Waals surface area (Å²) in [5.41, 5.74) is 3.24. The first-order valence-corrected chi connectivity index (χ1v) is 9.58. The number of hydrogen-bond donors (Lipinski definition) is 2. The Kier molecular flexibility index (Phi) is 8.64. The molecule has 2 aromatic carbocycles. The van der Waals surface area contributed by atoms with Gasteiger partial charge in [-0.15, -0.1) is 24.0 Å². The van der Waals surface area contributed by atoms with Gasteiger partial charge < -0.3 is 15.4 Å². The summed E-state index contributed by atoms with van der Waals surface area (Å²) in [6, 6.07) is 13.0. The van der Waals surface area contributed by atoms with Crippen LogP contribution in [-0.2, 0) is 6.42 Å². The number of ether oxygens (including phenoxy) is 1. The van der Waals surface area contributed by atoms with Crippen molar-refractivity contribution in [2.24, 2.45) is 4.99 Å². The van der Waals surface area contributed by atoms with Gasteiger partial charge in [0, 0.05) is 26.7 Å². The van der Waals surface area contributed by atoms with E-state index in [1.54, 1.807) is 38.4 Å². The molecule has 8 heteroatoms. The second-order valence-corrected chi connectivity index (χ2v) is 6.80. The van der Waals surface area contributed by atoms with Gasteiger partial charge in [0.25, 0.3) is 11.8 Å². The van der Waals surface area contributed by atoms with Crippen molar-refractivity contribution in [2.45, 2.75) is 13.3 Å². The predicted octanol–water partition coefficient (Wildman–Crippen LogP) is 2.63. The number of amides is 2. The third-order valence-electron chi connectivity index (χ3n) is 4.85. The van der Waals surface area contributed by atoms with Crippen LogP contribution in [0, 0.1) is 6.92 Å². The van der Waals surface area contributed by atoms with Crippen molar-refractivity contribution in [1.82, 2.24) is 15.5 Å². The lowest BCUT2D eigenvalue weighted by Crippen LogP contribution is -2.43. The second kappa shape index (κ2) is 11.0. The molecule has 0 aliphatic carbocycles. The quantitative estimate of drug-likeness (QED) is 0.253. The lowest BCUT2D eigenvalue weighted by Gasteiger charge is -2.17. The zero-order valence-electron chi connectivity index (χ0n) is 17.4. The first-order valence-electron chi connectivity index (χ1n) is 9.58.